The molecule has 0 saturated heterocycles. The highest BCUT2D eigenvalue weighted by Gasteiger charge is 2.31. The summed E-state index contributed by atoms with van der Waals surface area (Å²) in [4.78, 5) is 72.8. The number of nitrogens with one attached hydrogen (secondary N) is 4. The molecule has 0 radical (unpaired) electrons. The number of carboxylic acid groups (broad SMARTS) is 2. The third-order valence-electron chi connectivity index (χ3n) is 6.18. The molecule has 17 heteroatoms. The van der Waals surface area contributed by atoms with Crippen molar-refractivity contribution in [1.82, 2.24) is 25.9 Å². The Bertz CT molecular complexity index is 1260. The third kappa shape index (κ3) is 12.5. The molecule has 17 nitrogen and oxygen atoms in total. The highest BCUT2D eigenvalue weighted by molar-refractivity contribution is 5.94. The smallest absolute Gasteiger partial charge is 0.326 e. The molecular weight excluding hydrogens is 566 g/mol. The number of carbonyl (C=O) groups excluding carboxylic acids is 3. The number of nitrogens with two attached hydrogens (primary N) is 3. The van der Waals surface area contributed by atoms with E-state index in [1.54, 1.807) is 0 Å². The average molecular weight is 604 g/mol. The number of aromatic amines is 1. The zero-order valence-electron chi connectivity index (χ0n) is 23.2. The van der Waals surface area contributed by atoms with Crippen LogP contribution in [0.4, 0.5) is 0 Å². The van der Waals surface area contributed by atoms with Crippen LogP contribution < -0.4 is 33.2 Å². The van der Waals surface area contributed by atoms with E-state index in [-0.39, 0.29) is 43.9 Å². The molecule has 234 valence electrons. The van der Waals surface area contributed by atoms with Gasteiger partial charge in [-0.15, -0.1) is 0 Å². The normalized spacial score (nSPS) is 13.5. The van der Waals surface area contributed by atoms with Gasteiger partial charge in [0.15, 0.2) is 5.96 Å². The molecule has 0 bridgehead atoms. The summed E-state index contributed by atoms with van der Waals surface area (Å²) in [5, 5.41) is 35.4. The summed E-state index contributed by atoms with van der Waals surface area (Å²) in [6.45, 7) is 0.142. The van der Waals surface area contributed by atoms with Crippen molar-refractivity contribution in [3.8, 4) is 5.75 Å². The van der Waals surface area contributed by atoms with Crippen molar-refractivity contribution in [2.24, 2.45) is 22.2 Å². The van der Waals surface area contributed by atoms with Gasteiger partial charge >= 0.3 is 11.9 Å². The molecule has 43 heavy (non-hydrogen) atoms. The van der Waals surface area contributed by atoms with Gasteiger partial charge in [-0.25, -0.2) is 9.78 Å². The van der Waals surface area contributed by atoms with Crippen molar-refractivity contribution in [2.75, 3.05) is 6.54 Å². The third-order valence-corrected chi connectivity index (χ3v) is 6.18. The lowest BCUT2D eigenvalue weighted by atomic mass is 10.0. The number of rotatable bonds is 18. The fourth-order valence-electron chi connectivity index (χ4n) is 3.92. The molecule has 4 atom stereocenters. The van der Waals surface area contributed by atoms with Gasteiger partial charge in [0.2, 0.25) is 17.7 Å². The first-order valence-corrected chi connectivity index (χ1v) is 13.3. The zero-order chi connectivity index (χ0) is 31.9. The number of amides is 3. The first-order chi connectivity index (χ1) is 20.3. The molecule has 1 aromatic heterocycles. The van der Waals surface area contributed by atoms with Crippen molar-refractivity contribution < 1.29 is 39.3 Å². The zero-order valence-corrected chi connectivity index (χ0v) is 23.2. The van der Waals surface area contributed by atoms with E-state index < -0.39 is 66.7 Å². The van der Waals surface area contributed by atoms with Crippen LogP contribution in [0.2, 0.25) is 0 Å². The molecule has 0 saturated carbocycles. The molecule has 2 aromatic rings. The van der Waals surface area contributed by atoms with E-state index in [2.05, 4.69) is 30.9 Å². The van der Waals surface area contributed by atoms with Crippen LogP contribution in [0.1, 0.15) is 36.9 Å². The fraction of sp³-hybridized carbons (Fsp3) is 0.423. The van der Waals surface area contributed by atoms with Crippen LogP contribution in [0.5, 0.6) is 5.75 Å². The highest BCUT2D eigenvalue weighted by atomic mass is 16.4. The Kier molecular flexibility index (Phi) is 13.4. The van der Waals surface area contributed by atoms with E-state index in [1.807, 2.05) is 0 Å². The lowest BCUT2D eigenvalue weighted by molar-refractivity contribution is -0.143. The lowest BCUT2D eigenvalue weighted by Gasteiger charge is -2.25. The number of hydrogen-bond donors (Lipinski definition) is 10. The second-order valence-corrected chi connectivity index (χ2v) is 9.66. The second kappa shape index (κ2) is 16.9. The van der Waals surface area contributed by atoms with Gasteiger partial charge in [-0.3, -0.25) is 24.2 Å². The molecular formula is C26H37N9O8. The standard InChI is InChI=1S/C26H37N9O8/c27-17(11-15-12-30-13-32-15)22(39)33-18(2-1-9-31-26(28)29)23(40)35-20(10-14-3-5-16(36)6-4-14)24(41)34-19(25(42)43)7-8-21(37)38/h3-6,12-13,17-20,36H,1-2,7-11,27H2,(H,30,32)(H,33,39)(H,34,41)(H,35,40)(H,37,38)(H,42,43)(H4,28,29,31). The number of aliphatic carboxylic acids is 2. The van der Waals surface area contributed by atoms with Crippen LogP contribution in [0, 0.1) is 0 Å². The monoisotopic (exact) mass is 603 g/mol. The van der Waals surface area contributed by atoms with Gasteiger partial charge < -0.3 is 53.5 Å². The van der Waals surface area contributed by atoms with Crippen LogP contribution >= 0.6 is 0 Å². The lowest BCUT2D eigenvalue weighted by Crippen LogP contribution is -2.57. The predicted molar refractivity (Wildman–Crippen MR) is 152 cm³/mol. The summed E-state index contributed by atoms with van der Waals surface area (Å²) in [7, 11) is 0. The minimum Gasteiger partial charge on any atom is -0.508 e. The van der Waals surface area contributed by atoms with Gasteiger partial charge in [-0.1, -0.05) is 12.1 Å². The Morgan fingerprint density at radius 2 is 1.51 bits per heavy atom. The maximum absolute atomic E-state index is 13.5. The minimum atomic E-state index is -1.54. The van der Waals surface area contributed by atoms with Crippen LogP contribution in [0.3, 0.4) is 0 Å². The number of guanidine groups is 1. The number of imidazole rings is 1. The number of carboxylic acids is 2. The van der Waals surface area contributed by atoms with Crippen LogP contribution in [-0.4, -0.2) is 91.6 Å². The summed E-state index contributed by atoms with van der Waals surface area (Å²) in [5.41, 5.74) is 17.8. The molecule has 0 aliphatic heterocycles. The summed E-state index contributed by atoms with van der Waals surface area (Å²) < 4.78 is 0. The van der Waals surface area contributed by atoms with Crippen molar-refractivity contribution in [2.45, 2.75) is 62.7 Å². The highest BCUT2D eigenvalue weighted by Crippen LogP contribution is 2.13. The molecule has 1 aromatic carbocycles. The number of H-pyrrole nitrogens is 1. The van der Waals surface area contributed by atoms with E-state index in [0.717, 1.165) is 0 Å². The van der Waals surface area contributed by atoms with Gasteiger partial charge in [0, 0.05) is 37.7 Å². The first kappa shape index (κ1) is 34.0. The molecule has 3 amide bonds. The Morgan fingerprint density at radius 3 is 2.09 bits per heavy atom. The quantitative estimate of drug-likeness (QED) is 0.0488. The topological polar surface area (TPSA) is 301 Å². The number of aliphatic imine (C=N–C) groups is 1. The van der Waals surface area contributed by atoms with Crippen molar-refractivity contribution in [3.63, 3.8) is 0 Å². The Labute approximate surface area is 246 Å². The number of aromatic hydroxyl groups is 1. The summed E-state index contributed by atoms with van der Waals surface area (Å²) >= 11 is 0. The Balaban J connectivity index is 2.25. The molecule has 13 N–H and O–H groups in total. The van der Waals surface area contributed by atoms with Gasteiger partial charge in [-0.05, 0) is 37.0 Å². The number of aromatic nitrogens is 2. The number of phenols is 1. The van der Waals surface area contributed by atoms with Gasteiger partial charge in [0.1, 0.15) is 23.9 Å². The van der Waals surface area contributed by atoms with Crippen molar-refractivity contribution >= 4 is 35.6 Å². The van der Waals surface area contributed by atoms with Crippen LogP contribution in [-0.2, 0) is 36.8 Å². The summed E-state index contributed by atoms with van der Waals surface area (Å²) in [6, 6.07) is 0.618. The maximum Gasteiger partial charge on any atom is 0.326 e. The number of nitrogens with zero attached hydrogens (tertiary/aromatic N) is 2. The van der Waals surface area contributed by atoms with E-state index in [1.165, 1.54) is 36.8 Å². The molecule has 0 aliphatic rings. The van der Waals surface area contributed by atoms with E-state index in [9.17, 15) is 34.2 Å². The van der Waals surface area contributed by atoms with Crippen molar-refractivity contribution in [1.29, 1.82) is 0 Å². The maximum atomic E-state index is 13.5. The number of benzene rings is 1. The first-order valence-electron chi connectivity index (χ1n) is 13.3. The second-order valence-electron chi connectivity index (χ2n) is 9.66. The molecule has 4 unspecified atom stereocenters. The van der Waals surface area contributed by atoms with E-state index in [4.69, 9.17) is 22.3 Å². The Hall–Kier alpha value is -5.19. The van der Waals surface area contributed by atoms with E-state index >= 15 is 0 Å². The van der Waals surface area contributed by atoms with Crippen molar-refractivity contribution in [3.05, 3.63) is 48.0 Å². The summed E-state index contributed by atoms with van der Waals surface area (Å²) in [6.07, 6.45) is 2.30. The molecule has 1 heterocycles. The van der Waals surface area contributed by atoms with Crippen LogP contribution in [0.25, 0.3) is 0 Å². The molecule has 2 rings (SSSR count). The SMILES string of the molecule is NC(N)=NCCCC(NC(=O)C(N)Cc1cnc[nH]1)C(=O)NC(Cc1ccc(O)cc1)C(=O)NC(CCC(=O)O)C(=O)O. The molecule has 0 spiro atoms. The molecule has 0 fully saturated rings. The van der Waals surface area contributed by atoms with Crippen LogP contribution in [0.15, 0.2) is 41.8 Å². The average Bonchev–Trinajstić information content (AvgIpc) is 3.45. The molecule has 0 aliphatic carbocycles. The number of carbonyl (C=O) groups is 5. The van der Waals surface area contributed by atoms with Gasteiger partial charge in [0.25, 0.3) is 0 Å². The number of hydrogen-bond acceptors (Lipinski definition) is 9. The van der Waals surface area contributed by atoms with Gasteiger partial charge in [-0.2, -0.15) is 0 Å². The minimum absolute atomic E-state index is 0.0385. The Morgan fingerprint density at radius 1 is 0.884 bits per heavy atom. The number of phenolic OH excluding ortho intramolecular Hbond substituents is 1. The van der Waals surface area contributed by atoms with Gasteiger partial charge in [0.05, 0.1) is 12.4 Å². The van der Waals surface area contributed by atoms with E-state index in [0.29, 0.717) is 11.3 Å². The largest absolute Gasteiger partial charge is 0.508 e. The predicted octanol–water partition coefficient (Wildman–Crippen LogP) is -2.31. The fourth-order valence-corrected chi connectivity index (χ4v) is 3.92. The summed E-state index contributed by atoms with van der Waals surface area (Å²) in [5.74, 6) is -5.24.